The Balaban J connectivity index is 2.24. The van der Waals surface area contributed by atoms with Gasteiger partial charge in [0.15, 0.2) is 5.82 Å². The highest BCUT2D eigenvalue weighted by Gasteiger charge is 2.07. The van der Waals surface area contributed by atoms with Crippen molar-refractivity contribution in [2.24, 2.45) is 0 Å². The molecule has 0 saturated heterocycles. The van der Waals surface area contributed by atoms with E-state index in [9.17, 15) is 13.2 Å². The number of benzene rings is 1. The Morgan fingerprint density at radius 2 is 1.94 bits per heavy atom. The molecule has 0 aliphatic heterocycles. The Morgan fingerprint density at radius 1 is 1.12 bits per heavy atom. The van der Waals surface area contributed by atoms with E-state index in [1.807, 2.05) is 0 Å². The molecule has 2 aromatic rings. The first kappa shape index (κ1) is 10.4. The first-order valence-corrected chi connectivity index (χ1v) is 4.26. The Morgan fingerprint density at radius 3 is 2.62 bits per heavy atom. The van der Waals surface area contributed by atoms with Crippen molar-refractivity contribution in [1.82, 2.24) is 9.97 Å². The van der Waals surface area contributed by atoms with Gasteiger partial charge < -0.3 is 4.74 Å². The van der Waals surface area contributed by atoms with Gasteiger partial charge in [-0.15, -0.1) is 0 Å². The fourth-order valence-electron chi connectivity index (χ4n) is 1.02. The van der Waals surface area contributed by atoms with Gasteiger partial charge in [0.25, 0.3) is 5.95 Å². The molecule has 0 spiro atoms. The van der Waals surface area contributed by atoms with E-state index in [0.717, 1.165) is 6.07 Å². The van der Waals surface area contributed by atoms with Crippen molar-refractivity contribution in [3.63, 3.8) is 0 Å². The van der Waals surface area contributed by atoms with Gasteiger partial charge in [0.2, 0.25) is 0 Å². The van der Waals surface area contributed by atoms with Crippen LogP contribution >= 0.6 is 0 Å². The fourth-order valence-corrected chi connectivity index (χ4v) is 1.02. The van der Waals surface area contributed by atoms with Gasteiger partial charge in [0.1, 0.15) is 11.6 Å². The van der Waals surface area contributed by atoms with Crippen molar-refractivity contribution in [3.8, 4) is 11.8 Å². The quantitative estimate of drug-likeness (QED) is 0.738. The molecule has 0 bridgehead atoms. The third kappa shape index (κ3) is 2.28. The lowest BCUT2D eigenvalue weighted by Gasteiger charge is -2.03. The summed E-state index contributed by atoms with van der Waals surface area (Å²) in [6.45, 7) is 0. The highest BCUT2D eigenvalue weighted by molar-refractivity contribution is 5.25. The van der Waals surface area contributed by atoms with E-state index in [2.05, 4.69) is 9.97 Å². The Labute approximate surface area is 88.5 Å². The zero-order valence-corrected chi connectivity index (χ0v) is 7.82. The van der Waals surface area contributed by atoms with Crippen LogP contribution in [0.1, 0.15) is 0 Å². The van der Waals surface area contributed by atoms with Gasteiger partial charge in [-0.05, 0) is 12.1 Å². The van der Waals surface area contributed by atoms with Crippen LogP contribution in [0.15, 0.2) is 30.5 Å². The maximum atomic E-state index is 12.8. The van der Waals surface area contributed by atoms with E-state index < -0.39 is 17.6 Å². The predicted molar refractivity (Wildman–Crippen MR) is 48.4 cm³/mol. The average molecular weight is 226 g/mol. The molecule has 1 heterocycles. The maximum absolute atomic E-state index is 12.8. The molecule has 0 saturated carbocycles. The molecular weight excluding hydrogens is 221 g/mol. The Kier molecular flexibility index (Phi) is 2.72. The van der Waals surface area contributed by atoms with Gasteiger partial charge >= 0.3 is 6.01 Å². The van der Waals surface area contributed by atoms with Gasteiger partial charge in [-0.2, -0.15) is 9.37 Å². The van der Waals surface area contributed by atoms with Crippen LogP contribution in [-0.2, 0) is 0 Å². The molecule has 1 aromatic carbocycles. The first-order chi connectivity index (χ1) is 7.65. The molecule has 0 aliphatic carbocycles. The number of nitrogens with zero attached hydrogens (tertiary/aromatic N) is 2. The number of hydrogen-bond acceptors (Lipinski definition) is 3. The summed E-state index contributed by atoms with van der Waals surface area (Å²) in [7, 11) is 0. The predicted octanol–water partition coefficient (Wildman–Crippen LogP) is 2.69. The summed E-state index contributed by atoms with van der Waals surface area (Å²) < 4.78 is 42.9. The van der Waals surface area contributed by atoms with Crippen LogP contribution < -0.4 is 4.74 Å². The lowest BCUT2D eigenvalue weighted by Crippen LogP contribution is -1.97. The monoisotopic (exact) mass is 226 g/mol. The largest absolute Gasteiger partial charge is 0.424 e. The average Bonchev–Trinajstić information content (AvgIpc) is 2.24. The standard InChI is InChI=1S/C10H5F3N2O/c11-6-2-1-3-7(4-6)16-10-14-5-8(12)9(13)15-10/h1-5H. The molecule has 0 fully saturated rings. The normalized spacial score (nSPS) is 10.2. The van der Waals surface area contributed by atoms with Gasteiger partial charge in [-0.3, -0.25) is 0 Å². The van der Waals surface area contributed by atoms with Crippen LogP contribution in [0.3, 0.4) is 0 Å². The lowest BCUT2D eigenvalue weighted by molar-refractivity contribution is 0.399. The highest BCUT2D eigenvalue weighted by Crippen LogP contribution is 2.18. The molecule has 2 rings (SSSR count). The van der Waals surface area contributed by atoms with Gasteiger partial charge in [-0.25, -0.2) is 13.8 Å². The van der Waals surface area contributed by atoms with E-state index >= 15 is 0 Å². The first-order valence-electron chi connectivity index (χ1n) is 4.26. The van der Waals surface area contributed by atoms with Crippen molar-refractivity contribution in [2.75, 3.05) is 0 Å². The molecular formula is C10H5F3N2O. The maximum Gasteiger partial charge on any atom is 0.324 e. The van der Waals surface area contributed by atoms with Crippen LogP contribution in [0.2, 0.25) is 0 Å². The fraction of sp³-hybridized carbons (Fsp3) is 0. The second kappa shape index (κ2) is 4.18. The van der Waals surface area contributed by atoms with Crippen molar-refractivity contribution in [1.29, 1.82) is 0 Å². The molecule has 1 aromatic heterocycles. The molecule has 16 heavy (non-hydrogen) atoms. The van der Waals surface area contributed by atoms with Gasteiger partial charge in [0.05, 0.1) is 6.20 Å². The molecule has 0 atom stereocenters. The minimum Gasteiger partial charge on any atom is -0.424 e. The Hall–Kier alpha value is -2.11. The van der Waals surface area contributed by atoms with Crippen LogP contribution in [0, 0.1) is 17.6 Å². The van der Waals surface area contributed by atoms with Crippen molar-refractivity contribution in [3.05, 3.63) is 48.0 Å². The Bertz CT molecular complexity index is 519. The number of ether oxygens (including phenoxy) is 1. The summed E-state index contributed by atoms with van der Waals surface area (Å²) in [5, 5.41) is 0. The topological polar surface area (TPSA) is 35.0 Å². The van der Waals surface area contributed by atoms with Gasteiger partial charge in [0, 0.05) is 6.07 Å². The van der Waals surface area contributed by atoms with Crippen LogP contribution in [0.4, 0.5) is 13.2 Å². The third-order valence-electron chi connectivity index (χ3n) is 1.68. The number of aromatic nitrogens is 2. The molecule has 6 heteroatoms. The zero-order valence-electron chi connectivity index (χ0n) is 7.82. The summed E-state index contributed by atoms with van der Waals surface area (Å²) in [4.78, 5) is 6.49. The number of rotatable bonds is 2. The summed E-state index contributed by atoms with van der Waals surface area (Å²) in [6.07, 6.45) is 0.636. The lowest BCUT2D eigenvalue weighted by atomic mass is 10.3. The van der Waals surface area contributed by atoms with Crippen LogP contribution in [0.5, 0.6) is 11.8 Å². The molecule has 0 N–H and O–H groups in total. The van der Waals surface area contributed by atoms with Crippen LogP contribution in [-0.4, -0.2) is 9.97 Å². The molecule has 0 radical (unpaired) electrons. The number of halogens is 3. The van der Waals surface area contributed by atoms with E-state index in [-0.39, 0.29) is 11.8 Å². The second-order valence-corrected chi connectivity index (χ2v) is 2.85. The van der Waals surface area contributed by atoms with Crippen molar-refractivity contribution in [2.45, 2.75) is 0 Å². The molecule has 0 amide bonds. The molecule has 0 aliphatic rings. The second-order valence-electron chi connectivity index (χ2n) is 2.85. The van der Waals surface area contributed by atoms with Crippen molar-refractivity contribution < 1.29 is 17.9 Å². The summed E-state index contributed by atoms with van der Waals surface area (Å²) in [6, 6.07) is 4.76. The van der Waals surface area contributed by atoms with E-state index in [1.165, 1.54) is 18.2 Å². The number of hydrogen-bond donors (Lipinski definition) is 0. The third-order valence-corrected chi connectivity index (χ3v) is 1.68. The SMILES string of the molecule is Fc1cccc(Oc2ncc(F)c(F)n2)c1. The molecule has 3 nitrogen and oxygen atoms in total. The van der Waals surface area contributed by atoms with Gasteiger partial charge in [-0.1, -0.05) is 6.07 Å². The van der Waals surface area contributed by atoms with E-state index in [4.69, 9.17) is 4.74 Å². The molecule has 0 unspecified atom stereocenters. The zero-order chi connectivity index (χ0) is 11.5. The summed E-state index contributed by atoms with van der Waals surface area (Å²) in [5.41, 5.74) is 0. The summed E-state index contributed by atoms with van der Waals surface area (Å²) >= 11 is 0. The smallest absolute Gasteiger partial charge is 0.324 e. The van der Waals surface area contributed by atoms with E-state index in [0.29, 0.717) is 6.20 Å². The highest BCUT2D eigenvalue weighted by atomic mass is 19.2. The molecule has 82 valence electrons. The minimum absolute atomic E-state index is 0.103. The minimum atomic E-state index is -1.32. The van der Waals surface area contributed by atoms with Crippen molar-refractivity contribution >= 4 is 0 Å². The van der Waals surface area contributed by atoms with Crippen LogP contribution in [0.25, 0.3) is 0 Å². The van der Waals surface area contributed by atoms with E-state index in [1.54, 1.807) is 0 Å². The summed E-state index contributed by atoms with van der Waals surface area (Å²) in [5.74, 6) is -2.90.